The summed E-state index contributed by atoms with van der Waals surface area (Å²) in [5.74, 6) is 0.763. The van der Waals surface area contributed by atoms with Gasteiger partial charge >= 0.3 is 0 Å². The first-order valence-electron chi connectivity index (χ1n) is 6.25. The lowest BCUT2D eigenvalue weighted by atomic mass is 9.98. The van der Waals surface area contributed by atoms with Crippen molar-refractivity contribution in [2.45, 2.75) is 58.3 Å². The molecular weight excluding hydrogens is 172 g/mol. The minimum Gasteiger partial charge on any atom is -0.330 e. The lowest BCUT2D eigenvalue weighted by Crippen LogP contribution is -2.13. The van der Waals surface area contributed by atoms with Crippen LogP contribution in [0.5, 0.6) is 0 Å². The molecule has 0 amide bonds. The highest BCUT2D eigenvalue weighted by Gasteiger charge is 2.02. The standard InChI is InChI=1S/C12H28N2/c1-2-12(11-14)9-7-5-3-4-6-8-10-13/h12H,2-11,13-14H2,1H3. The van der Waals surface area contributed by atoms with Crippen LogP contribution in [0, 0.1) is 5.92 Å². The Morgan fingerprint density at radius 3 is 1.93 bits per heavy atom. The molecular formula is C12H28N2. The number of nitrogens with two attached hydrogens (primary N) is 2. The predicted molar refractivity (Wildman–Crippen MR) is 64.2 cm³/mol. The van der Waals surface area contributed by atoms with Gasteiger partial charge in [-0.1, -0.05) is 45.4 Å². The van der Waals surface area contributed by atoms with Crippen LogP contribution in [0.4, 0.5) is 0 Å². The summed E-state index contributed by atoms with van der Waals surface area (Å²) in [6.45, 7) is 3.95. The van der Waals surface area contributed by atoms with Crippen molar-refractivity contribution in [1.29, 1.82) is 0 Å². The van der Waals surface area contributed by atoms with Crippen LogP contribution in [0.25, 0.3) is 0 Å². The van der Waals surface area contributed by atoms with Crippen molar-refractivity contribution in [3.05, 3.63) is 0 Å². The van der Waals surface area contributed by atoms with Crippen LogP contribution in [0.15, 0.2) is 0 Å². The largest absolute Gasteiger partial charge is 0.330 e. The van der Waals surface area contributed by atoms with Gasteiger partial charge < -0.3 is 11.5 Å². The number of unbranched alkanes of at least 4 members (excludes halogenated alkanes) is 5. The summed E-state index contributed by atoms with van der Waals surface area (Å²) in [6.07, 6.45) is 10.5. The quantitative estimate of drug-likeness (QED) is 0.533. The molecule has 0 aliphatic rings. The zero-order valence-corrected chi connectivity index (χ0v) is 9.80. The monoisotopic (exact) mass is 200 g/mol. The highest BCUT2D eigenvalue weighted by molar-refractivity contribution is 4.57. The summed E-state index contributed by atoms with van der Waals surface area (Å²) in [5.41, 5.74) is 11.1. The normalized spacial score (nSPS) is 13.1. The zero-order valence-electron chi connectivity index (χ0n) is 9.80. The highest BCUT2D eigenvalue weighted by Crippen LogP contribution is 2.13. The van der Waals surface area contributed by atoms with Crippen LogP contribution in [0.2, 0.25) is 0 Å². The fourth-order valence-corrected chi connectivity index (χ4v) is 1.77. The lowest BCUT2D eigenvalue weighted by molar-refractivity contribution is 0.447. The third kappa shape index (κ3) is 8.52. The van der Waals surface area contributed by atoms with E-state index >= 15 is 0 Å². The van der Waals surface area contributed by atoms with Gasteiger partial charge in [0.25, 0.3) is 0 Å². The number of hydrogen-bond donors (Lipinski definition) is 2. The van der Waals surface area contributed by atoms with Crippen molar-refractivity contribution in [3.63, 3.8) is 0 Å². The van der Waals surface area contributed by atoms with E-state index in [-0.39, 0.29) is 0 Å². The Kier molecular flexibility index (Phi) is 10.9. The van der Waals surface area contributed by atoms with Crippen LogP contribution in [0.3, 0.4) is 0 Å². The SMILES string of the molecule is CCC(CN)CCCCCCCCN. The van der Waals surface area contributed by atoms with Crippen molar-refractivity contribution < 1.29 is 0 Å². The summed E-state index contributed by atoms with van der Waals surface area (Å²) >= 11 is 0. The minimum atomic E-state index is 0.763. The Bertz CT molecular complexity index is 100. The maximum atomic E-state index is 5.65. The molecule has 0 bridgehead atoms. The number of hydrogen-bond acceptors (Lipinski definition) is 2. The third-order valence-electron chi connectivity index (χ3n) is 2.98. The molecule has 2 heteroatoms. The first-order valence-corrected chi connectivity index (χ1v) is 6.25. The maximum Gasteiger partial charge on any atom is -0.00490 e. The first-order chi connectivity index (χ1) is 6.85. The molecule has 1 unspecified atom stereocenters. The molecule has 4 N–H and O–H groups in total. The molecule has 0 saturated carbocycles. The highest BCUT2D eigenvalue weighted by atomic mass is 14.5. The first kappa shape index (κ1) is 13.9. The zero-order chi connectivity index (χ0) is 10.6. The summed E-state index contributed by atoms with van der Waals surface area (Å²) in [6, 6.07) is 0. The van der Waals surface area contributed by atoms with Gasteiger partial charge in [0.05, 0.1) is 0 Å². The van der Waals surface area contributed by atoms with Gasteiger partial charge in [-0.25, -0.2) is 0 Å². The van der Waals surface area contributed by atoms with E-state index in [0.29, 0.717) is 0 Å². The van der Waals surface area contributed by atoms with E-state index in [4.69, 9.17) is 11.5 Å². The minimum absolute atomic E-state index is 0.763. The van der Waals surface area contributed by atoms with Crippen molar-refractivity contribution in [2.24, 2.45) is 17.4 Å². The van der Waals surface area contributed by atoms with E-state index in [1.54, 1.807) is 0 Å². The molecule has 0 aliphatic heterocycles. The molecule has 0 aromatic heterocycles. The Hall–Kier alpha value is -0.0800. The van der Waals surface area contributed by atoms with E-state index < -0.39 is 0 Å². The second-order valence-corrected chi connectivity index (χ2v) is 4.21. The molecule has 86 valence electrons. The molecule has 0 aromatic rings. The van der Waals surface area contributed by atoms with E-state index in [9.17, 15) is 0 Å². The Morgan fingerprint density at radius 2 is 1.43 bits per heavy atom. The van der Waals surface area contributed by atoms with Crippen LogP contribution >= 0.6 is 0 Å². The topological polar surface area (TPSA) is 52.0 Å². The average molecular weight is 200 g/mol. The molecule has 0 aromatic carbocycles. The lowest BCUT2D eigenvalue weighted by Gasteiger charge is -2.11. The van der Waals surface area contributed by atoms with Gasteiger partial charge in [-0.05, 0) is 31.8 Å². The average Bonchev–Trinajstić information content (AvgIpc) is 2.22. The fraction of sp³-hybridized carbons (Fsp3) is 1.00. The predicted octanol–water partition coefficient (Wildman–Crippen LogP) is 2.66. The van der Waals surface area contributed by atoms with Crippen molar-refractivity contribution >= 4 is 0 Å². The van der Waals surface area contributed by atoms with Gasteiger partial charge in [-0.15, -0.1) is 0 Å². The van der Waals surface area contributed by atoms with E-state index in [0.717, 1.165) is 19.0 Å². The molecule has 0 radical (unpaired) electrons. The molecule has 0 spiro atoms. The van der Waals surface area contributed by atoms with Crippen LogP contribution in [0.1, 0.15) is 58.3 Å². The second-order valence-electron chi connectivity index (χ2n) is 4.21. The summed E-state index contributed by atoms with van der Waals surface area (Å²) in [4.78, 5) is 0. The fourth-order valence-electron chi connectivity index (χ4n) is 1.77. The van der Waals surface area contributed by atoms with Gasteiger partial charge in [0.15, 0.2) is 0 Å². The van der Waals surface area contributed by atoms with Crippen molar-refractivity contribution in [1.82, 2.24) is 0 Å². The van der Waals surface area contributed by atoms with Gasteiger partial charge in [0, 0.05) is 0 Å². The van der Waals surface area contributed by atoms with Crippen LogP contribution < -0.4 is 11.5 Å². The van der Waals surface area contributed by atoms with Crippen LogP contribution in [-0.2, 0) is 0 Å². The van der Waals surface area contributed by atoms with E-state index in [1.165, 1.54) is 51.4 Å². The Morgan fingerprint density at radius 1 is 0.857 bits per heavy atom. The molecule has 2 nitrogen and oxygen atoms in total. The van der Waals surface area contributed by atoms with Gasteiger partial charge in [-0.2, -0.15) is 0 Å². The molecule has 1 atom stereocenters. The Balaban J connectivity index is 3.04. The molecule has 0 aliphatic carbocycles. The molecule has 0 rings (SSSR count). The Labute approximate surface area is 89.4 Å². The van der Waals surface area contributed by atoms with Gasteiger partial charge in [0.1, 0.15) is 0 Å². The number of rotatable bonds is 10. The van der Waals surface area contributed by atoms with Crippen molar-refractivity contribution in [3.8, 4) is 0 Å². The van der Waals surface area contributed by atoms with E-state index in [1.807, 2.05) is 0 Å². The maximum absolute atomic E-state index is 5.65. The summed E-state index contributed by atoms with van der Waals surface area (Å²) < 4.78 is 0. The third-order valence-corrected chi connectivity index (χ3v) is 2.98. The van der Waals surface area contributed by atoms with E-state index in [2.05, 4.69) is 6.92 Å². The van der Waals surface area contributed by atoms with Crippen LogP contribution in [-0.4, -0.2) is 13.1 Å². The second kappa shape index (κ2) is 11.0. The van der Waals surface area contributed by atoms with Gasteiger partial charge in [-0.3, -0.25) is 0 Å². The smallest absolute Gasteiger partial charge is 0.00490 e. The van der Waals surface area contributed by atoms with Crippen molar-refractivity contribution in [2.75, 3.05) is 13.1 Å². The molecule has 14 heavy (non-hydrogen) atoms. The summed E-state index contributed by atoms with van der Waals surface area (Å²) in [5, 5.41) is 0. The van der Waals surface area contributed by atoms with Gasteiger partial charge in [0.2, 0.25) is 0 Å². The summed E-state index contributed by atoms with van der Waals surface area (Å²) in [7, 11) is 0. The molecule has 0 fully saturated rings. The molecule has 0 saturated heterocycles. The molecule has 0 heterocycles.